The molecule has 0 radical (unpaired) electrons. The van der Waals surface area contributed by atoms with Gasteiger partial charge in [-0.05, 0) is 36.8 Å². The topological polar surface area (TPSA) is 59.8 Å². The lowest BCUT2D eigenvalue weighted by atomic mass is 10.1. The third-order valence-corrected chi connectivity index (χ3v) is 5.02. The first-order valence-corrected chi connectivity index (χ1v) is 9.12. The Hall–Kier alpha value is -2.67. The number of benzene rings is 2. The van der Waals surface area contributed by atoms with Gasteiger partial charge >= 0.3 is 0 Å². The molecule has 1 amide bonds. The van der Waals surface area contributed by atoms with Gasteiger partial charge in [-0.1, -0.05) is 41.6 Å². The van der Waals surface area contributed by atoms with E-state index in [0.29, 0.717) is 23.7 Å². The van der Waals surface area contributed by atoms with Gasteiger partial charge in [-0.25, -0.2) is 4.39 Å². The van der Waals surface area contributed by atoms with Crippen LogP contribution in [0.15, 0.2) is 53.7 Å². The van der Waals surface area contributed by atoms with Crippen LogP contribution in [0, 0.1) is 12.7 Å². The Balaban J connectivity index is 1.57. The first-order chi connectivity index (χ1) is 12.5. The molecular formula is C19H19FN4OS. The number of nitrogens with one attached hydrogen (secondary N) is 1. The minimum absolute atomic E-state index is 0.145. The molecule has 2 aromatic carbocycles. The number of aryl methyl sites for hydroxylation is 1. The molecule has 0 saturated carbocycles. The number of nitrogens with zero attached hydrogens (tertiary/aromatic N) is 3. The van der Waals surface area contributed by atoms with Crippen LogP contribution >= 0.6 is 11.8 Å². The maximum atomic E-state index is 12.9. The van der Waals surface area contributed by atoms with Gasteiger partial charge < -0.3 is 9.88 Å². The molecule has 0 bridgehead atoms. The first-order valence-electron chi connectivity index (χ1n) is 8.13. The van der Waals surface area contributed by atoms with Crippen molar-refractivity contribution in [2.75, 3.05) is 0 Å². The lowest BCUT2D eigenvalue weighted by Gasteiger charge is -2.06. The summed E-state index contributed by atoms with van der Waals surface area (Å²) >= 11 is 1.51. The van der Waals surface area contributed by atoms with E-state index in [9.17, 15) is 9.18 Å². The zero-order valence-corrected chi connectivity index (χ0v) is 15.4. The van der Waals surface area contributed by atoms with E-state index in [1.807, 2.05) is 30.7 Å². The standard InChI is InChI=1S/C19H19FN4OS/c1-13-3-7-15(8-4-13)18(25)21-11-17-22-23-19(24(17)2)26-12-14-5-9-16(20)10-6-14/h3-10H,11-12H2,1-2H3,(H,21,25). The number of amides is 1. The molecule has 1 heterocycles. The molecule has 3 aromatic rings. The van der Waals surface area contributed by atoms with Gasteiger partial charge in [0.05, 0.1) is 6.54 Å². The molecule has 5 nitrogen and oxygen atoms in total. The van der Waals surface area contributed by atoms with Crippen molar-refractivity contribution >= 4 is 17.7 Å². The minimum atomic E-state index is -0.246. The van der Waals surface area contributed by atoms with E-state index < -0.39 is 0 Å². The summed E-state index contributed by atoms with van der Waals surface area (Å²) in [5, 5.41) is 11.9. The molecule has 26 heavy (non-hydrogen) atoms. The molecule has 3 rings (SSSR count). The molecule has 0 saturated heterocycles. The van der Waals surface area contributed by atoms with Crippen LogP contribution in [0.4, 0.5) is 4.39 Å². The predicted octanol–water partition coefficient (Wildman–Crippen LogP) is 3.48. The van der Waals surface area contributed by atoms with E-state index in [-0.39, 0.29) is 11.7 Å². The van der Waals surface area contributed by atoms with Crippen molar-refractivity contribution in [1.82, 2.24) is 20.1 Å². The van der Waals surface area contributed by atoms with Crippen LogP contribution in [0.5, 0.6) is 0 Å². The summed E-state index contributed by atoms with van der Waals surface area (Å²) in [7, 11) is 1.86. The summed E-state index contributed by atoms with van der Waals surface area (Å²) in [5.41, 5.74) is 2.73. The predicted molar refractivity (Wildman–Crippen MR) is 99.3 cm³/mol. The van der Waals surface area contributed by atoms with Crippen molar-refractivity contribution in [1.29, 1.82) is 0 Å². The number of rotatable bonds is 6. The normalized spacial score (nSPS) is 10.7. The highest BCUT2D eigenvalue weighted by Gasteiger charge is 2.11. The molecule has 1 N–H and O–H groups in total. The van der Waals surface area contributed by atoms with Crippen molar-refractivity contribution in [3.8, 4) is 0 Å². The molecule has 7 heteroatoms. The zero-order valence-electron chi connectivity index (χ0n) is 14.6. The fourth-order valence-electron chi connectivity index (χ4n) is 2.32. The molecule has 0 fully saturated rings. The van der Waals surface area contributed by atoms with Crippen LogP contribution in [0.2, 0.25) is 0 Å². The van der Waals surface area contributed by atoms with Crippen LogP contribution in [0.3, 0.4) is 0 Å². The third-order valence-electron chi connectivity index (χ3n) is 3.93. The second-order valence-electron chi connectivity index (χ2n) is 5.92. The number of carbonyl (C=O) groups is 1. The van der Waals surface area contributed by atoms with Crippen LogP contribution in [-0.4, -0.2) is 20.7 Å². The van der Waals surface area contributed by atoms with Gasteiger partial charge in [0.15, 0.2) is 11.0 Å². The van der Waals surface area contributed by atoms with Crippen LogP contribution in [0.25, 0.3) is 0 Å². The van der Waals surface area contributed by atoms with E-state index in [1.54, 1.807) is 24.3 Å². The van der Waals surface area contributed by atoms with Crippen molar-refractivity contribution in [3.05, 3.63) is 76.9 Å². The maximum absolute atomic E-state index is 12.9. The second-order valence-corrected chi connectivity index (χ2v) is 6.86. The summed E-state index contributed by atoms with van der Waals surface area (Å²) in [6.45, 7) is 2.28. The Morgan fingerprint density at radius 3 is 2.50 bits per heavy atom. The van der Waals surface area contributed by atoms with Crippen LogP contribution in [0.1, 0.15) is 27.3 Å². The van der Waals surface area contributed by atoms with Gasteiger partial charge in [-0.2, -0.15) is 0 Å². The number of hydrogen-bond donors (Lipinski definition) is 1. The van der Waals surface area contributed by atoms with Crippen molar-refractivity contribution < 1.29 is 9.18 Å². The quantitative estimate of drug-likeness (QED) is 0.675. The number of hydrogen-bond acceptors (Lipinski definition) is 4. The molecule has 134 valence electrons. The molecule has 0 unspecified atom stereocenters. The molecule has 0 aliphatic heterocycles. The van der Waals surface area contributed by atoms with Crippen molar-refractivity contribution in [2.24, 2.45) is 7.05 Å². The molecule has 1 aromatic heterocycles. The van der Waals surface area contributed by atoms with E-state index in [2.05, 4.69) is 15.5 Å². The lowest BCUT2D eigenvalue weighted by Crippen LogP contribution is -2.24. The third kappa shape index (κ3) is 4.49. The highest BCUT2D eigenvalue weighted by molar-refractivity contribution is 7.98. The molecular weight excluding hydrogens is 351 g/mol. The average Bonchev–Trinajstić information content (AvgIpc) is 3.00. The Kier molecular flexibility index (Phi) is 5.68. The SMILES string of the molecule is Cc1ccc(C(=O)NCc2nnc(SCc3ccc(F)cc3)n2C)cc1. The number of halogens is 1. The van der Waals surface area contributed by atoms with Crippen molar-refractivity contribution in [3.63, 3.8) is 0 Å². The minimum Gasteiger partial charge on any atom is -0.345 e. The largest absolute Gasteiger partial charge is 0.345 e. The fraction of sp³-hybridized carbons (Fsp3) is 0.211. The monoisotopic (exact) mass is 370 g/mol. The van der Waals surface area contributed by atoms with Crippen LogP contribution in [-0.2, 0) is 19.3 Å². The number of thioether (sulfide) groups is 1. The van der Waals surface area contributed by atoms with Crippen molar-refractivity contribution in [2.45, 2.75) is 24.4 Å². The fourth-order valence-corrected chi connectivity index (χ4v) is 3.21. The smallest absolute Gasteiger partial charge is 0.251 e. The summed E-state index contributed by atoms with van der Waals surface area (Å²) in [6, 6.07) is 13.8. The molecule has 0 atom stereocenters. The highest BCUT2D eigenvalue weighted by atomic mass is 32.2. The van der Waals surface area contributed by atoms with Gasteiger partial charge in [0.2, 0.25) is 0 Å². The van der Waals surface area contributed by atoms with Gasteiger partial charge in [0, 0.05) is 18.4 Å². The summed E-state index contributed by atoms with van der Waals surface area (Å²) < 4.78 is 14.8. The Bertz CT molecular complexity index is 891. The Morgan fingerprint density at radius 2 is 1.81 bits per heavy atom. The number of carbonyl (C=O) groups excluding carboxylic acids is 1. The van der Waals surface area contributed by atoms with Gasteiger partial charge in [0.1, 0.15) is 5.82 Å². The molecule has 0 spiro atoms. The maximum Gasteiger partial charge on any atom is 0.251 e. The van der Waals surface area contributed by atoms with Gasteiger partial charge in [-0.3, -0.25) is 4.79 Å². The summed E-state index contributed by atoms with van der Waals surface area (Å²) in [6.07, 6.45) is 0. The summed E-state index contributed by atoms with van der Waals surface area (Å²) in [4.78, 5) is 12.2. The first kappa shape index (κ1) is 18.1. The average molecular weight is 370 g/mol. The van der Waals surface area contributed by atoms with Crippen LogP contribution < -0.4 is 5.32 Å². The Morgan fingerprint density at radius 1 is 1.12 bits per heavy atom. The Labute approximate surface area is 155 Å². The highest BCUT2D eigenvalue weighted by Crippen LogP contribution is 2.21. The van der Waals surface area contributed by atoms with E-state index in [1.165, 1.54) is 23.9 Å². The van der Waals surface area contributed by atoms with Gasteiger partial charge in [-0.15, -0.1) is 10.2 Å². The van der Waals surface area contributed by atoms with E-state index in [4.69, 9.17) is 0 Å². The van der Waals surface area contributed by atoms with E-state index in [0.717, 1.165) is 16.3 Å². The summed E-state index contributed by atoms with van der Waals surface area (Å²) in [5.74, 6) is 0.951. The number of aromatic nitrogens is 3. The molecule has 0 aliphatic rings. The van der Waals surface area contributed by atoms with E-state index >= 15 is 0 Å². The second kappa shape index (κ2) is 8.14. The zero-order chi connectivity index (χ0) is 18.5. The van der Waals surface area contributed by atoms with Gasteiger partial charge in [0.25, 0.3) is 5.91 Å². The molecule has 0 aliphatic carbocycles. The lowest BCUT2D eigenvalue weighted by molar-refractivity contribution is 0.0949.